The minimum absolute atomic E-state index is 0.0169. The molecule has 5 nitrogen and oxygen atoms in total. The van der Waals surface area contributed by atoms with E-state index in [0.717, 1.165) is 49.0 Å². The second-order valence-corrected chi connectivity index (χ2v) is 6.82. The molecule has 132 valence electrons. The maximum absolute atomic E-state index is 14.7. The summed E-state index contributed by atoms with van der Waals surface area (Å²) in [5.74, 6) is -0.750. The molecule has 2 aliphatic rings. The highest BCUT2D eigenvalue weighted by Gasteiger charge is 2.31. The van der Waals surface area contributed by atoms with Crippen LogP contribution in [0.25, 0.3) is 5.52 Å². The molecule has 6 heteroatoms. The third-order valence-electron chi connectivity index (χ3n) is 5.13. The van der Waals surface area contributed by atoms with Crippen LogP contribution in [0.1, 0.15) is 53.6 Å². The lowest BCUT2D eigenvalue weighted by molar-refractivity contribution is 0.0524. The Balaban J connectivity index is 2.01. The Hall–Kier alpha value is -2.37. The van der Waals surface area contributed by atoms with Gasteiger partial charge in [0.1, 0.15) is 5.56 Å². The number of aromatic nitrogens is 1. The summed E-state index contributed by atoms with van der Waals surface area (Å²) in [4.78, 5) is 27.0. The zero-order valence-corrected chi connectivity index (χ0v) is 14.5. The van der Waals surface area contributed by atoms with Crippen LogP contribution in [0.4, 0.5) is 10.1 Å². The SMILES string of the molecule is CCOC(=O)c1cc(C2CC2)c2c(C)c(N3CCC3)c(F)cn2c1=O. The molecule has 25 heavy (non-hydrogen) atoms. The number of anilines is 1. The van der Waals surface area contributed by atoms with Gasteiger partial charge in [-0.2, -0.15) is 0 Å². The topological polar surface area (TPSA) is 51.0 Å². The largest absolute Gasteiger partial charge is 0.462 e. The van der Waals surface area contributed by atoms with Crippen LogP contribution in [-0.2, 0) is 4.74 Å². The number of ether oxygens (including phenoxy) is 1. The molecule has 0 N–H and O–H groups in total. The highest BCUT2D eigenvalue weighted by atomic mass is 19.1. The first kappa shape index (κ1) is 16.1. The van der Waals surface area contributed by atoms with Crippen molar-refractivity contribution in [3.8, 4) is 0 Å². The minimum atomic E-state index is -0.645. The van der Waals surface area contributed by atoms with E-state index in [1.165, 1.54) is 10.6 Å². The van der Waals surface area contributed by atoms with Gasteiger partial charge >= 0.3 is 5.97 Å². The Morgan fingerprint density at radius 2 is 2.08 bits per heavy atom. The summed E-state index contributed by atoms with van der Waals surface area (Å²) in [5, 5.41) is 0. The molecule has 1 aliphatic carbocycles. The molecule has 0 unspecified atom stereocenters. The summed E-state index contributed by atoms with van der Waals surface area (Å²) in [6.45, 7) is 5.42. The summed E-state index contributed by atoms with van der Waals surface area (Å²) < 4.78 is 21.1. The number of aryl methyl sites for hydroxylation is 1. The second-order valence-electron chi connectivity index (χ2n) is 6.82. The van der Waals surface area contributed by atoms with Gasteiger partial charge in [-0.3, -0.25) is 9.20 Å². The smallest absolute Gasteiger partial charge is 0.343 e. The third-order valence-corrected chi connectivity index (χ3v) is 5.13. The van der Waals surface area contributed by atoms with Crippen molar-refractivity contribution < 1.29 is 13.9 Å². The van der Waals surface area contributed by atoms with Gasteiger partial charge in [-0.05, 0) is 56.2 Å². The van der Waals surface area contributed by atoms with E-state index in [-0.39, 0.29) is 12.2 Å². The van der Waals surface area contributed by atoms with E-state index in [4.69, 9.17) is 4.74 Å². The summed E-state index contributed by atoms with van der Waals surface area (Å²) in [6.07, 6.45) is 4.32. The molecule has 4 rings (SSSR count). The lowest BCUT2D eigenvalue weighted by Gasteiger charge is -2.35. The normalized spacial score (nSPS) is 16.8. The first-order valence-electron chi connectivity index (χ1n) is 8.83. The number of carbonyl (C=O) groups excluding carboxylic acids is 1. The number of rotatable bonds is 4. The Bertz CT molecular complexity index is 927. The average Bonchev–Trinajstić information content (AvgIpc) is 3.35. The molecule has 2 fully saturated rings. The summed E-state index contributed by atoms with van der Waals surface area (Å²) in [7, 11) is 0. The Kier molecular flexibility index (Phi) is 3.78. The molecule has 0 spiro atoms. The van der Waals surface area contributed by atoms with Crippen LogP contribution in [0.5, 0.6) is 0 Å². The van der Waals surface area contributed by atoms with Crippen molar-refractivity contribution in [2.75, 3.05) is 24.6 Å². The first-order chi connectivity index (χ1) is 12.0. The van der Waals surface area contributed by atoms with Crippen LogP contribution in [0, 0.1) is 12.7 Å². The molecule has 1 aliphatic heterocycles. The predicted octanol–water partition coefficient (Wildman–Crippen LogP) is 3.01. The number of esters is 1. The molecule has 0 bridgehead atoms. The Labute approximate surface area is 145 Å². The van der Waals surface area contributed by atoms with Crippen LogP contribution in [0.2, 0.25) is 0 Å². The van der Waals surface area contributed by atoms with Gasteiger partial charge in [0.15, 0.2) is 5.82 Å². The van der Waals surface area contributed by atoms with Crippen molar-refractivity contribution in [1.29, 1.82) is 0 Å². The van der Waals surface area contributed by atoms with E-state index in [0.29, 0.717) is 11.6 Å². The molecule has 2 aromatic rings. The van der Waals surface area contributed by atoms with E-state index < -0.39 is 17.3 Å². The molecular formula is C19H21FN2O3. The Morgan fingerprint density at radius 1 is 1.36 bits per heavy atom. The number of hydrogen-bond donors (Lipinski definition) is 0. The van der Waals surface area contributed by atoms with Gasteiger partial charge in [0, 0.05) is 13.1 Å². The van der Waals surface area contributed by atoms with Gasteiger partial charge in [0.05, 0.1) is 24.0 Å². The van der Waals surface area contributed by atoms with Gasteiger partial charge in [0.2, 0.25) is 0 Å². The summed E-state index contributed by atoms with van der Waals surface area (Å²) >= 11 is 0. The molecule has 0 aromatic carbocycles. The zero-order valence-electron chi connectivity index (χ0n) is 14.5. The monoisotopic (exact) mass is 344 g/mol. The number of pyridine rings is 2. The van der Waals surface area contributed by atoms with Crippen molar-refractivity contribution in [2.24, 2.45) is 0 Å². The lowest BCUT2D eigenvalue weighted by atomic mass is 10.0. The molecule has 1 saturated carbocycles. The first-order valence-corrected chi connectivity index (χ1v) is 8.83. The van der Waals surface area contributed by atoms with Crippen molar-refractivity contribution in [3.63, 3.8) is 0 Å². The predicted molar refractivity (Wildman–Crippen MR) is 93.1 cm³/mol. The zero-order chi connectivity index (χ0) is 17.7. The van der Waals surface area contributed by atoms with Crippen LogP contribution >= 0.6 is 0 Å². The van der Waals surface area contributed by atoms with Gasteiger partial charge < -0.3 is 9.64 Å². The van der Waals surface area contributed by atoms with E-state index in [9.17, 15) is 14.0 Å². The van der Waals surface area contributed by atoms with Crippen molar-refractivity contribution in [1.82, 2.24) is 4.40 Å². The molecule has 0 atom stereocenters. The maximum Gasteiger partial charge on any atom is 0.343 e. The van der Waals surface area contributed by atoms with Gasteiger partial charge in [-0.1, -0.05) is 0 Å². The Morgan fingerprint density at radius 3 is 2.64 bits per heavy atom. The molecule has 0 amide bonds. The highest BCUT2D eigenvalue weighted by Crippen LogP contribution is 2.44. The summed E-state index contributed by atoms with van der Waals surface area (Å²) in [6, 6.07) is 1.66. The maximum atomic E-state index is 14.7. The van der Waals surface area contributed by atoms with Crippen LogP contribution in [0.3, 0.4) is 0 Å². The standard InChI is InChI=1S/C19H21FN2O3/c1-3-25-19(24)14-9-13(12-5-6-12)16-11(2)17(21-7-4-8-21)15(20)10-22(16)18(14)23/h9-10,12H,3-8H2,1-2H3. The van der Waals surface area contributed by atoms with Crippen molar-refractivity contribution >= 4 is 17.2 Å². The van der Waals surface area contributed by atoms with Gasteiger partial charge in [-0.15, -0.1) is 0 Å². The second kappa shape index (κ2) is 5.86. The van der Waals surface area contributed by atoms with E-state index in [1.54, 1.807) is 13.0 Å². The van der Waals surface area contributed by atoms with E-state index >= 15 is 0 Å². The fraction of sp³-hybridized carbons (Fsp3) is 0.474. The molecular weight excluding hydrogens is 323 g/mol. The van der Waals surface area contributed by atoms with Gasteiger partial charge in [-0.25, -0.2) is 9.18 Å². The number of hydrogen-bond acceptors (Lipinski definition) is 4. The number of halogens is 1. The van der Waals surface area contributed by atoms with Crippen molar-refractivity contribution in [2.45, 2.75) is 39.0 Å². The van der Waals surface area contributed by atoms with Crippen LogP contribution in [-0.4, -0.2) is 30.1 Å². The molecule has 3 heterocycles. The molecule has 1 saturated heterocycles. The summed E-state index contributed by atoms with van der Waals surface area (Å²) in [5.41, 5.74) is 2.50. The van der Waals surface area contributed by atoms with Crippen LogP contribution in [0.15, 0.2) is 17.1 Å². The number of nitrogens with zero attached hydrogens (tertiary/aromatic N) is 2. The minimum Gasteiger partial charge on any atom is -0.462 e. The van der Waals surface area contributed by atoms with Crippen molar-refractivity contribution in [3.05, 3.63) is 45.1 Å². The van der Waals surface area contributed by atoms with E-state index in [2.05, 4.69) is 0 Å². The molecule has 0 radical (unpaired) electrons. The number of carbonyl (C=O) groups is 1. The van der Waals surface area contributed by atoms with Crippen LogP contribution < -0.4 is 10.5 Å². The fourth-order valence-electron chi connectivity index (χ4n) is 3.63. The average molecular weight is 344 g/mol. The quantitative estimate of drug-likeness (QED) is 0.800. The highest BCUT2D eigenvalue weighted by molar-refractivity contribution is 5.90. The van der Waals surface area contributed by atoms with Gasteiger partial charge in [0.25, 0.3) is 5.56 Å². The number of fused-ring (bicyclic) bond motifs is 1. The lowest BCUT2D eigenvalue weighted by Crippen LogP contribution is -2.38. The van der Waals surface area contributed by atoms with E-state index in [1.807, 2.05) is 11.8 Å². The fourth-order valence-corrected chi connectivity index (χ4v) is 3.63. The third kappa shape index (κ3) is 2.51. The molecule has 2 aromatic heterocycles.